The number of hydrogen-bond donors (Lipinski definition) is 1. The lowest BCUT2D eigenvalue weighted by atomic mass is 10.0. The molecule has 9 heteroatoms. The van der Waals surface area contributed by atoms with E-state index in [9.17, 15) is 18.8 Å². The van der Waals surface area contributed by atoms with Gasteiger partial charge in [0.05, 0.1) is 11.3 Å². The number of halogens is 2. The number of rotatable bonds is 4. The number of carbonyl (C=O) groups excluding carboxylic acids is 2. The van der Waals surface area contributed by atoms with Crippen molar-refractivity contribution in [2.24, 2.45) is 0 Å². The monoisotopic (exact) mass is 444 g/mol. The summed E-state index contributed by atoms with van der Waals surface area (Å²) in [6, 6.07) is 4.44. The predicted molar refractivity (Wildman–Crippen MR) is 115 cm³/mol. The minimum atomic E-state index is -0.593. The van der Waals surface area contributed by atoms with Gasteiger partial charge in [-0.1, -0.05) is 18.2 Å². The Morgan fingerprint density at radius 1 is 1.06 bits per heavy atom. The highest BCUT2D eigenvalue weighted by Crippen LogP contribution is 2.16. The lowest BCUT2D eigenvalue weighted by molar-refractivity contribution is -0.129. The number of amides is 2. The van der Waals surface area contributed by atoms with Crippen molar-refractivity contribution in [1.29, 1.82) is 0 Å². The zero-order valence-electron chi connectivity index (χ0n) is 16.9. The molecule has 2 aliphatic rings. The SMILES string of the molecule is O=C(CCl)N1CCN(C(=O)c2cc(Cc3n[nH]c(=O)c4c3=CCCC=4)ccc2F)CC1. The van der Waals surface area contributed by atoms with Crippen molar-refractivity contribution >= 4 is 35.6 Å². The molecule has 1 saturated heterocycles. The summed E-state index contributed by atoms with van der Waals surface area (Å²) in [6.45, 7) is 1.40. The van der Waals surface area contributed by atoms with E-state index in [0.29, 0.717) is 43.5 Å². The molecule has 4 rings (SSSR count). The molecule has 1 fully saturated rings. The molecule has 2 heterocycles. The van der Waals surface area contributed by atoms with Crippen LogP contribution in [0.2, 0.25) is 0 Å². The van der Waals surface area contributed by atoms with Crippen molar-refractivity contribution < 1.29 is 14.0 Å². The zero-order chi connectivity index (χ0) is 22.0. The van der Waals surface area contributed by atoms with Crippen LogP contribution in [0.25, 0.3) is 12.2 Å². The Morgan fingerprint density at radius 3 is 2.45 bits per heavy atom. The second-order valence-electron chi connectivity index (χ2n) is 7.61. The van der Waals surface area contributed by atoms with Gasteiger partial charge in [-0.2, -0.15) is 5.10 Å². The minimum Gasteiger partial charge on any atom is -0.338 e. The van der Waals surface area contributed by atoms with E-state index in [4.69, 9.17) is 11.6 Å². The lowest BCUT2D eigenvalue weighted by Gasteiger charge is -2.34. The molecular formula is C22H22ClFN4O3. The van der Waals surface area contributed by atoms with Gasteiger partial charge in [-0.25, -0.2) is 9.49 Å². The molecule has 162 valence electrons. The highest BCUT2D eigenvalue weighted by atomic mass is 35.5. The number of nitrogens with one attached hydrogen (secondary N) is 1. The predicted octanol–water partition coefficient (Wildman–Crippen LogP) is 0.378. The standard InChI is InChI=1S/C22H22ClFN4O3/c23-13-20(29)27-7-9-28(10-8-27)22(31)17-11-14(5-6-18(17)24)12-19-15-3-1-2-4-16(15)21(30)26-25-19/h3-6,11H,1-2,7-10,12-13H2,(H,26,30). The number of aromatic nitrogens is 2. The van der Waals surface area contributed by atoms with Gasteiger partial charge in [0.15, 0.2) is 0 Å². The first-order valence-corrected chi connectivity index (χ1v) is 10.7. The van der Waals surface area contributed by atoms with Gasteiger partial charge in [-0.3, -0.25) is 14.4 Å². The third-order valence-corrected chi connectivity index (χ3v) is 5.90. The van der Waals surface area contributed by atoms with E-state index in [1.54, 1.807) is 21.9 Å². The summed E-state index contributed by atoms with van der Waals surface area (Å²) in [7, 11) is 0. The molecule has 1 aliphatic carbocycles. The molecule has 0 unspecified atom stereocenters. The Morgan fingerprint density at radius 2 is 1.74 bits per heavy atom. The quantitative estimate of drug-likeness (QED) is 0.691. The first-order chi connectivity index (χ1) is 15.0. The van der Waals surface area contributed by atoms with Crippen molar-refractivity contribution in [3.05, 3.63) is 61.6 Å². The number of aromatic amines is 1. The third-order valence-electron chi connectivity index (χ3n) is 5.67. The van der Waals surface area contributed by atoms with Crippen LogP contribution in [-0.4, -0.2) is 63.9 Å². The van der Waals surface area contributed by atoms with Gasteiger partial charge in [0.1, 0.15) is 11.7 Å². The van der Waals surface area contributed by atoms with Crippen molar-refractivity contribution in [2.45, 2.75) is 19.3 Å². The smallest absolute Gasteiger partial charge is 0.271 e. The Hall–Kier alpha value is -3.00. The van der Waals surface area contributed by atoms with Crippen molar-refractivity contribution in [1.82, 2.24) is 20.0 Å². The fourth-order valence-electron chi connectivity index (χ4n) is 3.99. The molecule has 2 aromatic rings. The normalized spacial score (nSPS) is 15.7. The summed E-state index contributed by atoms with van der Waals surface area (Å²) in [5.41, 5.74) is 1.17. The van der Waals surface area contributed by atoms with E-state index < -0.39 is 11.7 Å². The summed E-state index contributed by atoms with van der Waals surface area (Å²) in [5.74, 6) is -1.27. The number of benzene rings is 1. The largest absolute Gasteiger partial charge is 0.338 e. The van der Waals surface area contributed by atoms with E-state index in [1.807, 2.05) is 12.2 Å². The van der Waals surface area contributed by atoms with E-state index in [0.717, 1.165) is 23.6 Å². The molecule has 1 aromatic heterocycles. The summed E-state index contributed by atoms with van der Waals surface area (Å²) in [4.78, 5) is 39.8. The third kappa shape index (κ3) is 4.39. The Bertz CT molecular complexity index is 1200. The zero-order valence-corrected chi connectivity index (χ0v) is 17.6. The first-order valence-electron chi connectivity index (χ1n) is 10.2. The molecule has 0 saturated carbocycles. The van der Waals surface area contributed by atoms with Crippen LogP contribution < -0.4 is 16.0 Å². The van der Waals surface area contributed by atoms with E-state index >= 15 is 0 Å². The Labute approximate surface area is 182 Å². The van der Waals surface area contributed by atoms with Crippen LogP contribution in [0.5, 0.6) is 0 Å². The van der Waals surface area contributed by atoms with Crippen LogP contribution in [-0.2, 0) is 11.2 Å². The molecule has 0 atom stereocenters. The molecule has 0 radical (unpaired) electrons. The highest BCUT2D eigenvalue weighted by Gasteiger charge is 2.26. The van der Waals surface area contributed by atoms with Gasteiger partial charge in [0.25, 0.3) is 11.5 Å². The van der Waals surface area contributed by atoms with Crippen molar-refractivity contribution in [2.75, 3.05) is 32.1 Å². The fraction of sp³-hybridized carbons (Fsp3) is 0.364. The molecular weight excluding hydrogens is 423 g/mol. The molecule has 0 bridgehead atoms. The van der Waals surface area contributed by atoms with Crippen LogP contribution in [0.15, 0.2) is 23.0 Å². The number of nitrogens with zero attached hydrogens (tertiary/aromatic N) is 3. The van der Waals surface area contributed by atoms with E-state index in [1.165, 1.54) is 6.07 Å². The lowest BCUT2D eigenvalue weighted by Crippen LogP contribution is -2.51. The number of fused-ring (bicyclic) bond motifs is 1. The molecule has 7 nitrogen and oxygen atoms in total. The van der Waals surface area contributed by atoms with Gasteiger partial charge in [-0.15, -0.1) is 11.6 Å². The maximum absolute atomic E-state index is 14.5. The summed E-state index contributed by atoms with van der Waals surface area (Å²) in [6.07, 6.45) is 5.88. The van der Waals surface area contributed by atoms with Crippen LogP contribution in [0, 0.1) is 5.82 Å². The minimum absolute atomic E-state index is 0.0107. The Balaban J connectivity index is 1.56. The highest BCUT2D eigenvalue weighted by molar-refractivity contribution is 6.27. The molecule has 1 aromatic carbocycles. The number of carbonyl (C=O) groups is 2. The summed E-state index contributed by atoms with van der Waals surface area (Å²) < 4.78 is 14.5. The average Bonchev–Trinajstić information content (AvgIpc) is 2.81. The average molecular weight is 445 g/mol. The number of alkyl halides is 1. The number of piperazine rings is 1. The number of H-pyrrole nitrogens is 1. The number of hydrogen-bond acceptors (Lipinski definition) is 4. The van der Waals surface area contributed by atoms with Crippen LogP contribution in [0.4, 0.5) is 4.39 Å². The van der Waals surface area contributed by atoms with Gasteiger partial charge in [0.2, 0.25) is 5.91 Å². The van der Waals surface area contributed by atoms with Gasteiger partial charge >= 0.3 is 0 Å². The second-order valence-corrected chi connectivity index (χ2v) is 7.88. The maximum atomic E-state index is 14.5. The first kappa shape index (κ1) is 21.2. The molecule has 31 heavy (non-hydrogen) atoms. The van der Waals surface area contributed by atoms with Crippen molar-refractivity contribution in [3.8, 4) is 0 Å². The molecule has 1 aliphatic heterocycles. The fourth-order valence-corrected chi connectivity index (χ4v) is 4.16. The van der Waals surface area contributed by atoms with Crippen LogP contribution >= 0.6 is 11.6 Å². The molecule has 0 spiro atoms. The Kier molecular flexibility index (Phi) is 6.18. The van der Waals surface area contributed by atoms with Gasteiger partial charge in [-0.05, 0) is 30.5 Å². The molecule has 1 N–H and O–H groups in total. The topological polar surface area (TPSA) is 86.4 Å². The molecule has 2 amide bonds. The van der Waals surface area contributed by atoms with Gasteiger partial charge in [0, 0.05) is 43.0 Å². The van der Waals surface area contributed by atoms with Gasteiger partial charge < -0.3 is 9.80 Å². The second kappa shape index (κ2) is 9.01. The van der Waals surface area contributed by atoms with E-state index in [-0.39, 0.29) is 22.9 Å². The van der Waals surface area contributed by atoms with E-state index in [2.05, 4.69) is 10.2 Å². The summed E-state index contributed by atoms with van der Waals surface area (Å²) in [5, 5.41) is 8.11. The van der Waals surface area contributed by atoms with Crippen LogP contribution in [0.3, 0.4) is 0 Å². The summed E-state index contributed by atoms with van der Waals surface area (Å²) >= 11 is 5.59. The van der Waals surface area contributed by atoms with Crippen LogP contribution in [0.1, 0.15) is 34.5 Å². The maximum Gasteiger partial charge on any atom is 0.271 e. The van der Waals surface area contributed by atoms with Crippen molar-refractivity contribution in [3.63, 3.8) is 0 Å².